The Kier molecular flexibility index (Phi) is 4.98. The van der Waals surface area contributed by atoms with Gasteiger partial charge in [-0.1, -0.05) is 20.8 Å². The highest BCUT2D eigenvalue weighted by Gasteiger charge is 2.31. The number of alkyl carbamates (subject to hydrolysis) is 1. The second-order valence-corrected chi connectivity index (χ2v) is 7.36. The summed E-state index contributed by atoms with van der Waals surface area (Å²) < 4.78 is 5.18. The first-order chi connectivity index (χ1) is 7.73. The second kappa shape index (κ2) is 5.29. The fourth-order valence-electron chi connectivity index (χ4n) is 1.29. The Hall–Kier alpha value is -1.06. The van der Waals surface area contributed by atoms with Crippen molar-refractivity contribution < 1.29 is 14.3 Å². The molecule has 0 aliphatic rings. The van der Waals surface area contributed by atoms with E-state index in [0.717, 1.165) is 0 Å². The van der Waals surface area contributed by atoms with E-state index >= 15 is 0 Å². The lowest BCUT2D eigenvalue weighted by Crippen LogP contribution is -2.48. The van der Waals surface area contributed by atoms with E-state index < -0.39 is 22.6 Å². The zero-order valence-electron chi connectivity index (χ0n) is 12.9. The molecule has 106 valence electrons. The van der Waals surface area contributed by atoms with Gasteiger partial charge in [0.05, 0.1) is 0 Å². The fraction of sp³-hybridized carbons (Fsp3) is 0.857. The highest BCUT2D eigenvalue weighted by Crippen LogP contribution is 2.22. The minimum atomic E-state index is -0.604. The van der Waals surface area contributed by atoms with Gasteiger partial charge in [0.15, 0.2) is 0 Å². The summed E-state index contributed by atoms with van der Waals surface area (Å²) in [6.07, 6.45) is -0.204. The number of carbonyl (C=O) groups excluding carboxylic acids is 2. The van der Waals surface area contributed by atoms with Crippen LogP contribution in [0.15, 0.2) is 0 Å². The van der Waals surface area contributed by atoms with Crippen molar-refractivity contribution in [1.29, 1.82) is 0 Å². The summed E-state index contributed by atoms with van der Waals surface area (Å²) in [6, 6.07) is 0. The Balaban J connectivity index is 4.49. The smallest absolute Gasteiger partial charge is 0.408 e. The first kappa shape index (κ1) is 16.9. The number of rotatable bonds is 3. The number of ether oxygens (including phenoxy) is 1. The average molecular weight is 257 g/mol. The minimum absolute atomic E-state index is 0.114. The Morgan fingerprint density at radius 3 is 1.72 bits per heavy atom. The molecule has 0 spiro atoms. The molecule has 18 heavy (non-hydrogen) atoms. The van der Waals surface area contributed by atoms with E-state index in [9.17, 15) is 9.59 Å². The van der Waals surface area contributed by atoms with Gasteiger partial charge in [-0.3, -0.25) is 4.79 Å². The number of nitrogens with one attached hydrogen (secondary N) is 1. The standard InChI is InChI=1S/C14H27NO3/c1-12(2,3)10(16)9-14(7,8)15-11(17)18-13(4,5)6/h9H2,1-8H3,(H,15,17). The van der Waals surface area contributed by atoms with Gasteiger partial charge < -0.3 is 10.1 Å². The Morgan fingerprint density at radius 1 is 0.944 bits per heavy atom. The quantitative estimate of drug-likeness (QED) is 0.844. The molecule has 0 unspecified atom stereocenters. The lowest BCUT2D eigenvalue weighted by molar-refractivity contribution is -0.127. The van der Waals surface area contributed by atoms with Crippen LogP contribution in [0.5, 0.6) is 0 Å². The van der Waals surface area contributed by atoms with Crippen molar-refractivity contribution in [3.63, 3.8) is 0 Å². The molecule has 0 aliphatic carbocycles. The molecule has 4 heteroatoms. The molecule has 0 heterocycles. The minimum Gasteiger partial charge on any atom is -0.444 e. The zero-order valence-corrected chi connectivity index (χ0v) is 12.9. The van der Waals surface area contributed by atoms with Crippen LogP contribution in [0.4, 0.5) is 4.79 Å². The highest BCUT2D eigenvalue weighted by atomic mass is 16.6. The SMILES string of the molecule is CC(C)(CC(=O)C(C)(C)C)NC(=O)OC(C)(C)C. The summed E-state index contributed by atoms with van der Waals surface area (Å²) in [7, 11) is 0. The molecule has 0 rings (SSSR count). The largest absolute Gasteiger partial charge is 0.444 e. The van der Waals surface area contributed by atoms with E-state index in [-0.39, 0.29) is 12.2 Å². The number of ketones is 1. The number of hydrogen-bond donors (Lipinski definition) is 1. The average Bonchev–Trinajstić information content (AvgIpc) is 1.94. The van der Waals surface area contributed by atoms with Crippen LogP contribution in [0.25, 0.3) is 0 Å². The molecule has 0 aromatic heterocycles. The van der Waals surface area contributed by atoms with Crippen molar-refractivity contribution in [2.24, 2.45) is 5.41 Å². The van der Waals surface area contributed by atoms with Gasteiger partial charge in [-0.15, -0.1) is 0 Å². The molecule has 1 amide bonds. The van der Waals surface area contributed by atoms with Crippen LogP contribution in [0.3, 0.4) is 0 Å². The molecule has 1 N–H and O–H groups in total. The maximum absolute atomic E-state index is 12.0. The van der Waals surface area contributed by atoms with Crippen molar-refractivity contribution >= 4 is 11.9 Å². The van der Waals surface area contributed by atoms with E-state index in [2.05, 4.69) is 5.32 Å². The molecule has 0 aromatic carbocycles. The van der Waals surface area contributed by atoms with Crippen LogP contribution >= 0.6 is 0 Å². The van der Waals surface area contributed by atoms with Crippen molar-refractivity contribution in [3.8, 4) is 0 Å². The third kappa shape index (κ3) is 7.30. The van der Waals surface area contributed by atoms with Crippen LogP contribution < -0.4 is 5.32 Å². The number of carbonyl (C=O) groups is 2. The first-order valence-corrected chi connectivity index (χ1v) is 6.27. The summed E-state index contributed by atoms with van der Waals surface area (Å²) in [5.41, 5.74) is -1.53. The molecule has 0 aromatic rings. The predicted octanol–water partition coefficient (Wildman–Crippen LogP) is 3.30. The molecule has 4 nitrogen and oxygen atoms in total. The van der Waals surface area contributed by atoms with Gasteiger partial charge in [-0.05, 0) is 34.6 Å². The first-order valence-electron chi connectivity index (χ1n) is 6.27. The Morgan fingerprint density at radius 2 is 1.39 bits per heavy atom. The normalized spacial score (nSPS) is 13.1. The summed E-state index contributed by atoms with van der Waals surface area (Å²) in [5.74, 6) is 0.114. The van der Waals surface area contributed by atoms with Gasteiger partial charge in [0.25, 0.3) is 0 Å². The van der Waals surface area contributed by atoms with Crippen LogP contribution in [-0.2, 0) is 9.53 Å². The molecule has 0 radical (unpaired) electrons. The van der Waals surface area contributed by atoms with Gasteiger partial charge in [-0.2, -0.15) is 0 Å². The molecule has 0 atom stereocenters. The lowest BCUT2D eigenvalue weighted by atomic mass is 9.83. The summed E-state index contributed by atoms with van der Waals surface area (Å²) in [6.45, 7) is 14.7. The van der Waals surface area contributed by atoms with Crippen molar-refractivity contribution in [1.82, 2.24) is 5.32 Å². The topological polar surface area (TPSA) is 55.4 Å². The molecule has 0 aliphatic heterocycles. The van der Waals surface area contributed by atoms with Crippen molar-refractivity contribution in [2.45, 2.75) is 73.0 Å². The molecule has 0 bridgehead atoms. The van der Waals surface area contributed by atoms with Crippen LogP contribution in [0.1, 0.15) is 61.8 Å². The zero-order chi connectivity index (χ0) is 14.8. The van der Waals surface area contributed by atoms with E-state index in [1.54, 1.807) is 20.8 Å². The Labute approximate surface area is 110 Å². The monoisotopic (exact) mass is 257 g/mol. The number of Topliss-reactive ketones (excluding diaryl/α,β-unsaturated/α-hetero) is 1. The fourth-order valence-corrected chi connectivity index (χ4v) is 1.29. The lowest BCUT2D eigenvalue weighted by Gasteiger charge is -2.30. The summed E-state index contributed by atoms with van der Waals surface area (Å²) in [5, 5.41) is 2.73. The summed E-state index contributed by atoms with van der Waals surface area (Å²) in [4.78, 5) is 23.6. The third-order valence-corrected chi connectivity index (χ3v) is 2.28. The summed E-state index contributed by atoms with van der Waals surface area (Å²) >= 11 is 0. The van der Waals surface area contributed by atoms with Crippen molar-refractivity contribution in [2.75, 3.05) is 0 Å². The van der Waals surface area contributed by atoms with E-state index in [1.807, 2.05) is 34.6 Å². The highest BCUT2D eigenvalue weighted by molar-refractivity contribution is 5.85. The van der Waals surface area contributed by atoms with E-state index in [1.165, 1.54) is 0 Å². The van der Waals surface area contributed by atoms with E-state index in [0.29, 0.717) is 0 Å². The number of amides is 1. The second-order valence-electron chi connectivity index (χ2n) is 7.36. The van der Waals surface area contributed by atoms with Crippen LogP contribution in [0.2, 0.25) is 0 Å². The predicted molar refractivity (Wildman–Crippen MR) is 72.5 cm³/mol. The van der Waals surface area contributed by atoms with Gasteiger partial charge in [0, 0.05) is 17.4 Å². The molecular formula is C14H27NO3. The third-order valence-electron chi connectivity index (χ3n) is 2.28. The van der Waals surface area contributed by atoms with E-state index in [4.69, 9.17) is 4.74 Å². The maximum Gasteiger partial charge on any atom is 0.408 e. The molecular weight excluding hydrogens is 230 g/mol. The maximum atomic E-state index is 12.0. The van der Waals surface area contributed by atoms with Crippen LogP contribution in [-0.4, -0.2) is 23.0 Å². The number of hydrogen-bond acceptors (Lipinski definition) is 3. The van der Waals surface area contributed by atoms with Gasteiger partial charge in [0.1, 0.15) is 11.4 Å². The van der Waals surface area contributed by atoms with Gasteiger partial charge >= 0.3 is 6.09 Å². The van der Waals surface area contributed by atoms with Gasteiger partial charge in [0.2, 0.25) is 0 Å². The molecule has 0 saturated carbocycles. The van der Waals surface area contributed by atoms with Gasteiger partial charge in [-0.25, -0.2) is 4.79 Å². The molecule has 0 fully saturated rings. The van der Waals surface area contributed by atoms with Crippen molar-refractivity contribution in [3.05, 3.63) is 0 Å². The van der Waals surface area contributed by atoms with Crippen LogP contribution in [0, 0.1) is 5.41 Å². The molecule has 0 saturated heterocycles. The Bertz CT molecular complexity index is 319.